The summed E-state index contributed by atoms with van der Waals surface area (Å²) in [7, 11) is 1.59. The number of ether oxygens (including phenoxy) is 2. The van der Waals surface area contributed by atoms with Crippen LogP contribution in [0.25, 0.3) is 11.0 Å². The maximum absolute atomic E-state index is 13.4. The molecule has 40 heavy (non-hydrogen) atoms. The molecule has 0 atom stereocenters. The number of carbonyl (C=O) groups excluding carboxylic acids is 2. The predicted molar refractivity (Wildman–Crippen MR) is 147 cm³/mol. The number of benzene rings is 2. The summed E-state index contributed by atoms with van der Waals surface area (Å²) in [5, 5.41) is 10.8. The van der Waals surface area contributed by atoms with Crippen LogP contribution in [0, 0.1) is 5.82 Å². The van der Waals surface area contributed by atoms with Crippen LogP contribution in [0.15, 0.2) is 71.7 Å². The van der Waals surface area contributed by atoms with Crippen LogP contribution in [0.3, 0.4) is 0 Å². The van der Waals surface area contributed by atoms with Crippen molar-refractivity contribution < 1.29 is 28.6 Å². The smallest absolute Gasteiger partial charge is 0.409 e. The lowest BCUT2D eigenvalue weighted by molar-refractivity contribution is 0.0520. The summed E-state index contributed by atoms with van der Waals surface area (Å²) in [6, 6.07) is 17.0. The molecule has 4 rings (SSSR count). The second-order valence-electron chi connectivity index (χ2n) is 9.23. The molecule has 0 saturated heterocycles. The number of aromatic hydroxyl groups is 1. The van der Waals surface area contributed by atoms with Crippen LogP contribution in [0.2, 0.25) is 0 Å². The van der Waals surface area contributed by atoms with Gasteiger partial charge in [-0.1, -0.05) is 42.5 Å². The van der Waals surface area contributed by atoms with Gasteiger partial charge in [-0.05, 0) is 54.7 Å². The summed E-state index contributed by atoms with van der Waals surface area (Å²) >= 11 is 0. The Morgan fingerprint density at radius 2 is 1.75 bits per heavy atom. The Hall–Kier alpha value is -4.73. The lowest BCUT2D eigenvalue weighted by Gasteiger charge is -2.19. The highest BCUT2D eigenvalue weighted by Crippen LogP contribution is 2.27. The van der Waals surface area contributed by atoms with Gasteiger partial charge in [0.1, 0.15) is 17.9 Å². The van der Waals surface area contributed by atoms with Gasteiger partial charge in [0, 0.05) is 26.3 Å². The third-order valence-electron chi connectivity index (χ3n) is 6.33. The van der Waals surface area contributed by atoms with Crippen LogP contribution in [-0.2, 0) is 29.0 Å². The lowest BCUT2D eigenvalue weighted by Crippen LogP contribution is -2.32. The summed E-state index contributed by atoms with van der Waals surface area (Å²) < 4.78 is 25.0. The topological polar surface area (TPSA) is 111 Å². The Kier molecular flexibility index (Phi) is 9.11. The molecule has 2 heterocycles. The predicted octanol–water partition coefficient (Wildman–Crippen LogP) is 4.67. The van der Waals surface area contributed by atoms with Gasteiger partial charge in [-0.2, -0.15) is 0 Å². The van der Waals surface area contributed by atoms with E-state index in [1.165, 1.54) is 27.8 Å². The molecule has 10 heteroatoms. The Balaban J connectivity index is 1.58. The van der Waals surface area contributed by atoms with Gasteiger partial charge in [-0.15, -0.1) is 0 Å². The van der Waals surface area contributed by atoms with Crippen LogP contribution in [0.4, 0.5) is 9.18 Å². The molecule has 0 aliphatic rings. The van der Waals surface area contributed by atoms with E-state index in [9.17, 15) is 23.9 Å². The van der Waals surface area contributed by atoms with Gasteiger partial charge in [0.2, 0.25) is 0 Å². The molecule has 2 aromatic carbocycles. The molecule has 9 nitrogen and oxygen atoms in total. The van der Waals surface area contributed by atoms with Crippen molar-refractivity contribution in [3.05, 3.63) is 105 Å². The number of esters is 1. The second kappa shape index (κ2) is 12.9. The molecule has 1 amide bonds. The summed E-state index contributed by atoms with van der Waals surface area (Å²) in [6.07, 6.45) is 1.78. The summed E-state index contributed by atoms with van der Waals surface area (Å²) in [6.45, 7) is 2.15. The number of nitrogens with zero attached hydrogens (tertiary/aromatic N) is 3. The van der Waals surface area contributed by atoms with E-state index in [-0.39, 0.29) is 37.6 Å². The fourth-order valence-electron chi connectivity index (χ4n) is 4.28. The van der Waals surface area contributed by atoms with Crippen molar-refractivity contribution in [2.75, 3.05) is 20.2 Å². The molecule has 2 aromatic heterocycles. The average Bonchev–Trinajstić information content (AvgIpc) is 2.95. The van der Waals surface area contributed by atoms with E-state index in [4.69, 9.17) is 9.47 Å². The zero-order valence-electron chi connectivity index (χ0n) is 22.3. The normalized spacial score (nSPS) is 10.9. The van der Waals surface area contributed by atoms with Crippen molar-refractivity contribution in [3.8, 4) is 5.75 Å². The maximum atomic E-state index is 13.4. The van der Waals surface area contributed by atoms with Crippen LogP contribution < -0.4 is 5.56 Å². The average molecular weight is 548 g/mol. The van der Waals surface area contributed by atoms with Gasteiger partial charge in [-0.25, -0.2) is 14.0 Å². The molecular weight excluding hydrogens is 517 g/mol. The third kappa shape index (κ3) is 6.63. The highest BCUT2D eigenvalue weighted by molar-refractivity contribution is 5.98. The first-order valence-electron chi connectivity index (χ1n) is 12.9. The van der Waals surface area contributed by atoms with Crippen molar-refractivity contribution in [3.63, 3.8) is 0 Å². The highest BCUT2D eigenvalue weighted by atomic mass is 19.1. The number of aromatic nitrogens is 2. The quantitative estimate of drug-likeness (QED) is 0.287. The molecule has 0 aliphatic carbocycles. The Bertz CT molecular complexity index is 1550. The number of hydrogen-bond acceptors (Lipinski definition) is 7. The minimum absolute atomic E-state index is 0.0235. The Morgan fingerprint density at radius 3 is 2.45 bits per heavy atom. The van der Waals surface area contributed by atoms with Crippen molar-refractivity contribution in [1.82, 2.24) is 14.5 Å². The Morgan fingerprint density at radius 1 is 1.02 bits per heavy atom. The highest BCUT2D eigenvalue weighted by Gasteiger charge is 2.24. The first-order valence-corrected chi connectivity index (χ1v) is 12.9. The van der Waals surface area contributed by atoms with Gasteiger partial charge in [0.15, 0.2) is 11.3 Å². The first kappa shape index (κ1) is 28.3. The van der Waals surface area contributed by atoms with Gasteiger partial charge >= 0.3 is 12.1 Å². The van der Waals surface area contributed by atoms with Crippen LogP contribution in [0.5, 0.6) is 5.75 Å². The van der Waals surface area contributed by atoms with Gasteiger partial charge in [0.05, 0.1) is 12.1 Å². The fraction of sp³-hybridized carbons (Fsp3) is 0.267. The number of aryl methyl sites for hydroxylation is 1. The van der Waals surface area contributed by atoms with E-state index in [0.29, 0.717) is 18.4 Å². The van der Waals surface area contributed by atoms with Crippen molar-refractivity contribution in [1.29, 1.82) is 0 Å². The minimum atomic E-state index is -0.945. The van der Waals surface area contributed by atoms with Crippen LogP contribution in [0.1, 0.15) is 40.4 Å². The van der Waals surface area contributed by atoms with E-state index in [1.54, 1.807) is 32.2 Å². The molecule has 0 fully saturated rings. The van der Waals surface area contributed by atoms with Crippen molar-refractivity contribution in [2.45, 2.75) is 32.9 Å². The summed E-state index contributed by atoms with van der Waals surface area (Å²) in [5.74, 6) is -1.84. The molecule has 0 spiro atoms. The molecule has 0 aliphatic heterocycles. The van der Waals surface area contributed by atoms with Crippen molar-refractivity contribution in [2.24, 2.45) is 0 Å². The molecular formula is C30H30FN3O6. The summed E-state index contributed by atoms with van der Waals surface area (Å²) in [4.78, 5) is 44.2. The summed E-state index contributed by atoms with van der Waals surface area (Å²) in [5.41, 5.74) is 1.59. The number of halogens is 1. The zero-order chi connectivity index (χ0) is 28.6. The molecule has 1 N–H and O–H groups in total. The van der Waals surface area contributed by atoms with Crippen molar-refractivity contribution >= 4 is 23.1 Å². The van der Waals surface area contributed by atoms with Crippen LogP contribution >= 0.6 is 0 Å². The number of pyridine rings is 2. The standard InChI is InChI=1S/C30H30FN3O6/c1-3-39-29(37)25-27(35)26-24(17-22(18-32-26)16-20-10-12-23(31)13-11-20)34(28(25)36)15-7-14-33(2)30(38)40-19-21-8-5-4-6-9-21/h4-6,8-13,17-18,35H,3,7,14-16,19H2,1-2H3. The number of rotatable bonds is 10. The van der Waals surface area contributed by atoms with Gasteiger partial charge in [-0.3, -0.25) is 9.78 Å². The number of amides is 1. The molecule has 4 aromatic rings. The number of fused-ring (bicyclic) bond motifs is 1. The molecule has 0 saturated carbocycles. The minimum Gasteiger partial charge on any atom is -0.505 e. The Labute approximate surface area is 230 Å². The molecule has 208 valence electrons. The molecule has 0 radical (unpaired) electrons. The molecule has 0 bridgehead atoms. The fourth-order valence-corrected chi connectivity index (χ4v) is 4.28. The van der Waals surface area contributed by atoms with Gasteiger partial charge in [0.25, 0.3) is 5.56 Å². The lowest BCUT2D eigenvalue weighted by atomic mass is 10.1. The van der Waals surface area contributed by atoms with E-state index in [2.05, 4.69) is 4.98 Å². The largest absolute Gasteiger partial charge is 0.505 e. The monoisotopic (exact) mass is 547 g/mol. The van der Waals surface area contributed by atoms with E-state index in [0.717, 1.165) is 16.7 Å². The van der Waals surface area contributed by atoms with Gasteiger partial charge < -0.3 is 24.0 Å². The van der Waals surface area contributed by atoms with E-state index in [1.807, 2.05) is 30.3 Å². The van der Waals surface area contributed by atoms with E-state index >= 15 is 0 Å². The van der Waals surface area contributed by atoms with E-state index < -0.39 is 28.9 Å². The SMILES string of the molecule is CCOC(=O)c1c(O)c2ncc(Cc3ccc(F)cc3)cc2n(CCCN(C)C(=O)OCc2ccccc2)c1=O. The number of carbonyl (C=O) groups is 2. The maximum Gasteiger partial charge on any atom is 0.409 e. The third-order valence-corrected chi connectivity index (χ3v) is 6.33. The molecule has 0 unspecified atom stereocenters. The van der Waals surface area contributed by atoms with Crippen LogP contribution in [-0.4, -0.2) is 51.8 Å². The first-order chi connectivity index (χ1) is 19.3. The number of hydrogen-bond donors (Lipinski definition) is 1. The zero-order valence-corrected chi connectivity index (χ0v) is 22.3. The second-order valence-corrected chi connectivity index (χ2v) is 9.23.